The number of hydrogen-bond donors (Lipinski definition) is 1. The molecule has 6 heteroatoms. The van der Waals surface area contributed by atoms with Crippen LogP contribution in [-0.4, -0.2) is 23.3 Å². The molecule has 2 aromatic carbocycles. The van der Waals surface area contributed by atoms with Gasteiger partial charge in [0.2, 0.25) is 5.91 Å². The first-order valence-electron chi connectivity index (χ1n) is 8.65. The van der Waals surface area contributed by atoms with Crippen LogP contribution in [0.3, 0.4) is 0 Å². The van der Waals surface area contributed by atoms with E-state index in [2.05, 4.69) is 41.5 Å². The van der Waals surface area contributed by atoms with Gasteiger partial charge in [0, 0.05) is 17.5 Å². The summed E-state index contributed by atoms with van der Waals surface area (Å²) >= 11 is 3.06. The van der Waals surface area contributed by atoms with E-state index < -0.39 is 0 Å². The molecule has 0 saturated carbocycles. The summed E-state index contributed by atoms with van der Waals surface area (Å²) in [5.74, 6) is 0.810. The summed E-state index contributed by atoms with van der Waals surface area (Å²) in [4.78, 5) is 17.0. The minimum Gasteiger partial charge on any atom is -0.497 e. The average molecular weight is 399 g/mol. The van der Waals surface area contributed by atoms with Crippen LogP contribution in [0.1, 0.15) is 18.1 Å². The summed E-state index contributed by atoms with van der Waals surface area (Å²) in [6, 6.07) is 16.0. The van der Waals surface area contributed by atoms with E-state index in [0.29, 0.717) is 6.54 Å². The molecular weight excluding hydrogens is 376 g/mol. The maximum absolute atomic E-state index is 12.4. The highest BCUT2D eigenvalue weighted by atomic mass is 32.2. The predicted molar refractivity (Wildman–Crippen MR) is 112 cm³/mol. The molecule has 0 spiro atoms. The van der Waals surface area contributed by atoms with Gasteiger partial charge in [0.25, 0.3) is 0 Å². The molecular formula is C21H22N2O2S2. The van der Waals surface area contributed by atoms with Crippen molar-refractivity contribution in [3.8, 4) is 17.0 Å². The van der Waals surface area contributed by atoms with Crippen LogP contribution >= 0.6 is 23.1 Å². The topological polar surface area (TPSA) is 51.2 Å². The Bertz CT molecular complexity index is 889. The Morgan fingerprint density at radius 3 is 2.56 bits per heavy atom. The van der Waals surface area contributed by atoms with Crippen LogP contribution in [0.25, 0.3) is 11.3 Å². The number of amides is 1. The van der Waals surface area contributed by atoms with Gasteiger partial charge in [-0.15, -0.1) is 11.3 Å². The number of nitrogens with zero attached hydrogens (tertiary/aromatic N) is 1. The minimum absolute atomic E-state index is 0.00269. The summed E-state index contributed by atoms with van der Waals surface area (Å²) in [5.41, 5.74) is 4.32. The monoisotopic (exact) mass is 398 g/mol. The molecule has 0 aliphatic rings. The second kappa shape index (κ2) is 9.06. The molecule has 1 atom stereocenters. The summed E-state index contributed by atoms with van der Waals surface area (Å²) in [5, 5.41) is 4.81. The van der Waals surface area contributed by atoms with Crippen LogP contribution < -0.4 is 10.1 Å². The van der Waals surface area contributed by atoms with Crippen LogP contribution in [-0.2, 0) is 11.3 Å². The van der Waals surface area contributed by atoms with E-state index in [0.717, 1.165) is 26.9 Å². The Morgan fingerprint density at radius 1 is 1.19 bits per heavy atom. The number of benzene rings is 2. The molecule has 3 rings (SSSR count). The molecule has 0 bridgehead atoms. The van der Waals surface area contributed by atoms with Crippen molar-refractivity contribution in [3.05, 3.63) is 65.0 Å². The van der Waals surface area contributed by atoms with Gasteiger partial charge < -0.3 is 10.1 Å². The van der Waals surface area contributed by atoms with Crippen molar-refractivity contribution in [2.45, 2.75) is 30.0 Å². The highest BCUT2D eigenvalue weighted by molar-refractivity contribution is 8.02. The molecule has 1 heterocycles. The average Bonchev–Trinajstić information content (AvgIpc) is 3.15. The molecule has 0 radical (unpaired) electrons. The maximum atomic E-state index is 12.4. The zero-order valence-electron chi connectivity index (χ0n) is 15.6. The van der Waals surface area contributed by atoms with E-state index in [4.69, 9.17) is 4.74 Å². The first-order chi connectivity index (χ1) is 13.0. The summed E-state index contributed by atoms with van der Waals surface area (Å²) in [7, 11) is 1.64. The molecule has 0 aliphatic carbocycles. The number of carbonyl (C=O) groups excluding carboxylic acids is 1. The number of ether oxygens (including phenoxy) is 1. The van der Waals surface area contributed by atoms with Gasteiger partial charge in [-0.05, 0) is 31.5 Å². The second-order valence-electron chi connectivity index (χ2n) is 6.19. The van der Waals surface area contributed by atoms with Crippen molar-refractivity contribution in [3.63, 3.8) is 0 Å². The van der Waals surface area contributed by atoms with E-state index in [-0.39, 0.29) is 11.2 Å². The number of thiazole rings is 1. The largest absolute Gasteiger partial charge is 0.497 e. The van der Waals surface area contributed by atoms with Gasteiger partial charge in [-0.1, -0.05) is 53.7 Å². The third-order valence-corrected chi connectivity index (χ3v) is 6.17. The van der Waals surface area contributed by atoms with Crippen molar-refractivity contribution < 1.29 is 9.53 Å². The molecule has 0 unspecified atom stereocenters. The SMILES string of the molecule is COc1ccc(CNC(=O)[C@@H](C)Sc2nc(-c3ccc(C)cc3)cs2)cc1. The number of nitrogens with one attached hydrogen (secondary N) is 1. The Kier molecular flexibility index (Phi) is 6.53. The number of rotatable bonds is 7. The van der Waals surface area contributed by atoms with Crippen LogP contribution in [0, 0.1) is 6.92 Å². The molecule has 4 nitrogen and oxygen atoms in total. The van der Waals surface area contributed by atoms with Crippen molar-refractivity contribution in [2.75, 3.05) is 7.11 Å². The standard InChI is InChI=1S/C21H22N2O2S2/c1-14-4-8-17(9-5-14)19-13-26-21(23-19)27-15(2)20(24)22-12-16-6-10-18(25-3)11-7-16/h4-11,13,15H,12H2,1-3H3,(H,22,24)/t15-/m1/s1. The highest BCUT2D eigenvalue weighted by Gasteiger charge is 2.16. The van der Waals surface area contributed by atoms with E-state index in [9.17, 15) is 4.79 Å². The lowest BCUT2D eigenvalue weighted by Gasteiger charge is -2.11. The number of methoxy groups -OCH3 is 1. The zero-order valence-corrected chi connectivity index (χ0v) is 17.2. The lowest BCUT2D eigenvalue weighted by molar-refractivity contribution is -0.120. The van der Waals surface area contributed by atoms with Gasteiger partial charge in [0.15, 0.2) is 4.34 Å². The quantitative estimate of drug-likeness (QED) is 0.574. The molecule has 3 aromatic rings. The first-order valence-corrected chi connectivity index (χ1v) is 10.4. The Balaban J connectivity index is 1.54. The third kappa shape index (κ3) is 5.34. The molecule has 27 heavy (non-hydrogen) atoms. The third-order valence-electron chi connectivity index (χ3n) is 4.10. The van der Waals surface area contributed by atoms with Gasteiger partial charge in [0.1, 0.15) is 5.75 Å². The van der Waals surface area contributed by atoms with Crippen molar-refractivity contribution >= 4 is 29.0 Å². The number of aryl methyl sites for hydroxylation is 1. The highest BCUT2D eigenvalue weighted by Crippen LogP contribution is 2.31. The number of thioether (sulfide) groups is 1. The van der Waals surface area contributed by atoms with Crippen LogP contribution in [0.2, 0.25) is 0 Å². The Morgan fingerprint density at radius 2 is 1.89 bits per heavy atom. The van der Waals surface area contributed by atoms with Crippen LogP contribution in [0.5, 0.6) is 5.75 Å². The molecule has 140 valence electrons. The Hall–Kier alpha value is -2.31. The van der Waals surface area contributed by atoms with Crippen LogP contribution in [0.4, 0.5) is 0 Å². The fraction of sp³-hybridized carbons (Fsp3) is 0.238. The van der Waals surface area contributed by atoms with Gasteiger partial charge in [0.05, 0.1) is 18.1 Å². The number of aromatic nitrogens is 1. The molecule has 0 saturated heterocycles. The predicted octanol–water partition coefficient (Wildman–Crippen LogP) is 4.92. The lowest BCUT2D eigenvalue weighted by atomic mass is 10.1. The van der Waals surface area contributed by atoms with E-state index >= 15 is 0 Å². The normalized spacial score (nSPS) is 11.8. The van der Waals surface area contributed by atoms with Crippen LogP contribution in [0.15, 0.2) is 58.3 Å². The van der Waals surface area contributed by atoms with E-state index in [1.807, 2.05) is 36.6 Å². The van der Waals surface area contributed by atoms with Crippen molar-refractivity contribution in [1.29, 1.82) is 0 Å². The summed E-state index contributed by atoms with van der Waals surface area (Å²) < 4.78 is 6.04. The summed E-state index contributed by atoms with van der Waals surface area (Å²) in [6.45, 7) is 4.47. The smallest absolute Gasteiger partial charge is 0.233 e. The number of hydrogen-bond acceptors (Lipinski definition) is 5. The van der Waals surface area contributed by atoms with Gasteiger partial charge in [-0.2, -0.15) is 0 Å². The minimum atomic E-state index is -0.208. The fourth-order valence-corrected chi connectivity index (χ4v) is 4.45. The summed E-state index contributed by atoms with van der Waals surface area (Å²) in [6.07, 6.45) is 0. The van der Waals surface area contributed by atoms with Gasteiger partial charge in [-0.3, -0.25) is 4.79 Å². The van der Waals surface area contributed by atoms with Crippen molar-refractivity contribution in [2.24, 2.45) is 0 Å². The Labute approximate surface area is 168 Å². The second-order valence-corrected chi connectivity index (χ2v) is 8.64. The molecule has 0 aliphatic heterocycles. The first kappa shape index (κ1) is 19.5. The van der Waals surface area contributed by atoms with E-state index in [1.165, 1.54) is 17.3 Å². The fourth-order valence-electron chi connectivity index (χ4n) is 2.45. The lowest BCUT2D eigenvalue weighted by Crippen LogP contribution is -2.30. The van der Waals surface area contributed by atoms with E-state index in [1.54, 1.807) is 18.4 Å². The number of carbonyl (C=O) groups is 1. The van der Waals surface area contributed by atoms with Gasteiger partial charge in [-0.25, -0.2) is 4.98 Å². The molecule has 1 N–H and O–H groups in total. The molecule has 0 fully saturated rings. The zero-order chi connectivity index (χ0) is 19.2. The molecule has 1 aromatic heterocycles. The maximum Gasteiger partial charge on any atom is 0.233 e. The van der Waals surface area contributed by atoms with Gasteiger partial charge >= 0.3 is 0 Å². The molecule has 1 amide bonds. The van der Waals surface area contributed by atoms with Crippen molar-refractivity contribution in [1.82, 2.24) is 10.3 Å².